The van der Waals surface area contributed by atoms with Crippen LogP contribution in [-0.2, 0) is 11.3 Å². The number of rotatable bonds is 3. The summed E-state index contributed by atoms with van der Waals surface area (Å²) in [6.07, 6.45) is 2.02. The van der Waals surface area contributed by atoms with E-state index in [1.54, 1.807) is 0 Å². The molecule has 2 aromatic carbocycles. The fourth-order valence-electron chi connectivity index (χ4n) is 4.56. The molecule has 0 aliphatic carbocycles. The van der Waals surface area contributed by atoms with E-state index in [1.807, 2.05) is 6.20 Å². The lowest BCUT2D eigenvalue weighted by molar-refractivity contribution is 0.122. The monoisotopic (exact) mass is 361 g/mol. The summed E-state index contributed by atoms with van der Waals surface area (Å²) in [5.41, 5.74) is 6.94. The van der Waals surface area contributed by atoms with Crippen LogP contribution in [-0.4, -0.2) is 49.3 Å². The molecule has 4 nitrogen and oxygen atoms in total. The number of fused-ring (bicyclic) bond motifs is 2. The topological polar surface area (TPSA) is 31.5 Å². The minimum Gasteiger partial charge on any atom is -0.378 e. The van der Waals surface area contributed by atoms with Gasteiger partial charge in [-0.05, 0) is 52.9 Å². The smallest absolute Gasteiger partial charge is 0.0642 e. The number of nitrogens with one attached hydrogen (secondary N) is 1. The highest BCUT2D eigenvalue weighted by atomic mass is 16.5. The molecule has 0 saturated carbocycles. The number of benzene rings is 2. The van der Waals surface area contributed by atoms with Crippen molar-refractivity contribution in [3.05, 3.63) is 65.4 Å². The number of nitrogens with zero attached hydrogens (tertiary/aromatic N) is 2. The standard InChI is InChI=1S/C23H27N3O/c1-2-25-15-19-13-20(26-9-11-27-12-10-26)5-6-21(19)22(16-25)18-4-3-17-7-8-24-23(17)14-18/h3-8,13-14,22,24H,2,9-12,15-16H2,1H3. The largest absolute Gasteiger partial charge is 0.378 e. The Bertz CT molecular complexity index is 942. The molecule has 0 amide bonds. The van der Waals surface area contributed by atoms with Crippen LogP contribution in [0.4, 0.5) is 5.69 Å². The van der Waals surface area contributed by atoms with Crippen LogP contribution < -0.4 is 4.90 Å². The second kappa shape index (κ2) is 7.02. The van der Waals surface area contributed by atoms with E-state index in [1.165, 1.54) is 33.3 Å². The molecule has 1 unspecified atom stereocenters. The zero-order valence-corrected chi connectivity index (χ0v) is 15.9. The molecule has 4 heteroatoms. The van der Waals surface area contributed by atoms with Crippen LogP contribution >= 0.6 is 0 Å². The molecule has 2 aliphatic rings. The van der Waals surface area contributed by atoms with Gasteiger partial charge in [-0.3, -0.25) is 4.90 Å². The molecular weight excluding hydrogens is 334 g/mol. The number of hydrogen-bond acceptors (Lipinski definition) is 3. The fourth-order valence-corrected chi connectivity index (χ4v) is 4.56. The average Bonchev–Trinajstić information content (AvgIpc) is 3.21. The minimum atomic E-state index is 0.431. The normalized spacial score (nSPS) is 20.8. The lowest BCUT2D eigenvalue weighted by Gasteiger charge is -2.36. The Hall–Kier alpha value is -2.30. The van der Waals surface area contributed by atoms with Crippen molar-refractivity contribution < 1.29 is 4.74 Å². The van der Waals surface area contributed by atoms with E-state index < -0.39 is 0 Å². The van der Waals surface area contributed by atoms with Gasteiger partial charge < -0.3 is 14.6 Å². The maximum Gasteiger partial charge on any atom is 0.0642 e. The second-order valence-corrected chi connectivity index (χ2v) is 7.69. The van der Waals surface area contributed by atoms with Gasteiger partial charge in [-0.1, -0.05) is 25.1 Å². The van der Waals surface area contributed by atoms with Gasteiger partial charge in [0.2, 0.25) is 0 Å². The highest BCUT2D eigenvalue weighted by Gasteiger charge is 2.27. The summed E-state index contributed by atoms with van der Waals surface area (Å²) in [5.74, 6) is 0.431. The molecular formula is C23H27N3O. The number of aromatic nitrogens is 1. The fraction of sp³-hybridized carbons (Fsp3) is 0.391. The van der Waals surface area contributed by atoms with Crippen molar-refractivity contribution in [1.29, 1.82) is 0 Å². The van der Waals surface area contributed by atoms with E-state index in [0.29, 0.717) is 5.92 Å². The van der Waals surface area contributed by atoms with E-state index in [4.69, 9.17) is 4.74 Å². The first-order valence-electron chi connectivity index (χ1n) is 10.1. The Labute approximate surface area is 160 Å². The first-order chi connectivity index (χ1) is 13.3. The Kier molecular flexibility index (Phi) is 4.38. The molecule has 1 aromatic heterocycles. The van der Waals surface area contributed by atoms with Gasteiger partial charge >= 0.3 is 0 Å². The Balaban J connectivity index is 1.53. The molecule has 1 atom stereocenters. The number of morpholine rings is 1. The SMILES string of the molecule is CCN1Cc2cc(N3CCOCC3)ccc2C(c2ccc3cc[nH]c3c2)C1. The van der Waals surface area contributed by atoms with Crippen LogP contribution in [0.25, 0.3) is 10.9 Å². The van der Waals surface area contributed by atoms with Gasteiger partial charge in [0.15, 0.2) is 0 Å². The predicted molar refractivity (Wildman–Crippen MR) is 111 cm³/mol. The molecule has 0 spiro atoms. The van der Waals surface area contributed by atoms with Crippen molar-refractivity contribution in [2.24, 2.45) is 0 Å². The zero-order valence-electron chi connectivity index (χ0n) is 15.9. The van der Waals surface area contributed by atoms with E-state index in [-0.39, 0.29) is 0 Å². The van der Waals surface area contributed by atoms with Gasteiger partial charge in [-0.2, -0.15) is 0 Å². The molecule has 1 fully saturated rings. The molecule has 5 rings (SSSR count). The van der Waals surface area contributed by atoms with Gasteiger partial charge in [0.1, 0.15) is 0 Å². The van der Waals surface area contributed by atoms with Gasteiger partial charge in [0.25, 0.3) is 0 Å². The van der Waals surface area contributed by atoms with E-state index in [2.05, 4.69) is 64.2 Å². The van der Waals surface area contributed by atoms with Crippen LogP contribution in [0.2, 0.25) is 0 Å². The van der Waals surface area contributed by atoms with Gasteiger partial charge in [0, 0.05) is 49.5 Å². The van der Waals surface area contributed by atoms with Gasteiger partial charge in [-0.25, -0.2) is 0 Å². The summed E-state index contributed by atoms with van der Waals surface area (Å²) in [4.78, 5) is 8.39. The summed E-state index contributed by atoms with van der Waals surface area (Å²) < 4.78 is 5.52. The molecule has 140 valence electrons. The molecule has 3 heterocycles. The van der Waals surface area contributed by atoms with Crippen LogP contribution in [0, 0.1) is 0 Å². The number of anilines is 1. The summed E-state index contributed by atoms with van der Waals surface area (Å²) in [5, 5.41) is 1.28. The zero-order chi connectivity index (χ0) is 18.2. The maximum absolute atomic E-state index is 5.52. The molecule has 0 radical (unpaired) electrons. The van der Waals surface area contributed by atoms with Crippen LogP contribution in [0.3, 0.4) is 0 Å². The number of aromatic amines is 1. The maximum atomic E-state index is 5.52. The Morgan fingerprint density at radius 1 is 1.07 bits per heavy atom. The third-order valence-corrected chi connectivity index (χ3v) is 6.14. The van der Waals surface area contributed by atoms with Gasteiger partial charge in [-0.15, -0.1) is 0 Å². The third kappa shape index (κ3) is 3.13. The quantitative estimate of drug-likeness (QED) is 0.766. The molecule has 3 aromatic rings. The Morgan fingerprint density at radius 2 is 1.96 bits per heavy atom. The molecule has 27 heavy (non-hydrogen) atoms. The first-order valence-corrected chi connectivity index (χ1v) is 10.1. The lowest BCUT2D eigenvalue weighted by Crippen LogP contribution is -2.37. The predicted octanol–water partition coefficient (Wildman–Crippen LogP) is 3.97. The summed E-state index contributed by atoms with van der Waals surface area (Å²) in [6.45, 7) is 9.13. The van der Waals surface area contributed by atoms with Crippen molar-refractivity contribution in [2.45, 2.75) is 19.4 Å². The summed E-state index contributed by atoms with van der Waals surface area (Å²) in [6, 6.07) is 16.1. The minimum absolute atomic E-state index is 0.431. The molecule has 0 bridgehead atoms. The first kappa shape index (κ1) is 16.8. The van der Waals surface area contributed by atoms with Crippen LogP contribution in [0.1, 0.15) is 29.5 Å². The lowest BCUT2D eigenvalue weighted by atomic mass is 9.84. The van der Waals surface area contributed by atoms with Crippen molar-refractivity contribution in [3.63, 3.8) is 0 Å². The summed E-state index contributed by atoms with van der Waals surface area (Å²) in [7, 11) is 0. The second-order valence-electron chi connectivity index (χ2n) is 7.69. The van der Waals surface area contributed by atoms with Gasteiger partial charge in [0.05, 0.1) is 13.2 Å². The Morgan fingerprint density at radius 3 is 2.81 bits per heavy atom. The number of hydrogen-bond donors (Lipinski definition) is 1. The summed E-state index contributed by atoms with van der Waals surface area (Å²) >= 11 is 0. The number of H-pyrrole nitrogens is 1. The highest BCUT2D eigenvalue weighted by molar-refractivity contribution is 5.80. The average molecular weight is 361 g/mol. The van der Waals surface area contributed by atoms with E-state index in [0.717, 1.165) is 45.9 Å². The number of ether oxygens (including phenoxy) is 1. The number of likely N-dealkylation sites (N-methyl/N-ethyl adjacent to an activating group) is 1. The van der Waals surface area contributed by atoms with Crippen molar-refractivity contribution >= 4 is 16.6 Å². The molecule has 1 N–H and O–H groups in total. The van der Waals surface area contributed by atoms with Crippen LogP contribution in [0.15, 0.2) is 48.7 Å². The van der Waals surface area contributed by atoms with E-state index in [9.17, 15) is 0 Å². The highest BCUT2D eigenvalue weighted by Crippen LogP contribution is 2.36. The van der Waals surface area contributed by atoms with Crippen molar-refractivity contribution in [1.82, 2.24) is 9.88 Å². The van der Waals surface area contributed by atoms with Crippen molar-refractivity contribution in [2.75, 3.05) is 44.3 Å². The van der Waals surface area contributed by atoms with Crippen LogP contribution in [0.5, 0.6) is 0 Å². The molecule has 1 saturated heterocycles. The van der Waals surface area contributed by atoms with Crippen molar-refractivity contribution in [3.8, 4) is 0 Å². The van der Waals surface area contributed by atoms with E-state index >= 15 is 0 Å². The third-order valence-electron chi connectivity index (χ3n) is 6.14. The molecule has 2 aliphatic heterocycles.